The van der Waals surface area contributed by atoms with Crippen LogP contribution in [0, 0.1) is 0 Å². The highest BCUT2D eigenvalue weighted by atomic mass is 16.5. The van der Waals surface area contributed by atoms with Gasteiger partial charge in [0.25, 0.3) is 0 Å². The third kappa shape index (κ3) is 3.69. The van der Waals surface area contributed by atoms with Crippen molar-refractivity contribution >= 4 is 5.97 Å². The highest BCUT2D eigenvalue weighted by molar-refractivity contribution is 5.74. The van der Waals surface area contributed by atoms with Crippen LogP contribution in [0.25, 0.3) is 0 Å². The van der Waals surface area contributed by atoms with Crippen LogP contribution in [0.2, 0.25) is 0 Å². The standard InChI is InChI=1S/C8H17NO3/c1-4-5-9-7(8(10)11)6(2)12-3/h6-7,9H,4-5H2,1-3H3,(H,10,11). The highest BCUT2D eigenvalue weighted by Crippen LogP contribution is 1.97. The number of ether oxygens (including phenoxy) is 1. The first kappa shape index (κ1) is 11.4. The molecule has 0 heterocycles. The molecular formula is C8H17NO3. The second kappa shape index (κ2) is 5.97. The Morgan fingerprint density at radius 2 is 2.25 bits per heavy atom. The maximum Gasteiger partial charge on any atom is 0.323 e. The minimum absolute atomic E-state index is 0.297. The lowest BCUT2D eigenvalue weighted by atomic mass is 10.2. The van der Waals surface area contributed by atoms with E-state index in [0.717, 1.165) is 6.42 Å². The molecule has 4 nitrogen and oxygen atoms in total. The second-order valence-corrected chi connectivity index (χ2v) is 2.71. The summed E-state index contributed by atoms with van der Waals surface area (Å²) in [4.78, 5) is 10.7. The fourth-order valence-electron chi connectivity index (χ4n) is 0.890. The summed E-state index contributed by atoms with van der Waals surface area (Å²) in [5.74, 6) is -0.863. The summed E-state index contributed by atoms with van der Waals surface area (Å²) in [6, 6.07) is -0.602. The number of methoxy groups -OCH3 is 1. The maximum atomic E-state index is 10.7. The average Bonchev–Trinajstić information content (AvgIpc) is 2.04. The van der Waals surface area contributed by atoms with Gasteiger partial charge in [-0.05, 0) is 19.9 Å². The molecule has 72 valence electrons. The van der Waals surface area contributed by atoms with Gasteiger partial charge in [0.15, 0.2) is 0 Å². The highest BCUT2D eigenvalue weighted by Gasteiger charge is 2.22. The molecule has 0 aromatic rings. The summed E-state index contributed by atoms with van der Waals surface area (Å²) in [5.41, 5.74) is 0. The van der Waals surface area contributed by atoms with Gasteiger partial charge >= 0.3 is 5.97 Å². The molecule has 0 spiro atoms. The van der Waals surface area contributed by atoms with Gasteiger partial charge in [-0.1, -0.05) is 6.92 Å². The van der Waals surface area contributed by atoms with Gasteiger partial charge < -0.3 is 15.2 Å². The predicted molar refractivity (Wildman–Crippen MR) is 46.2 cm³/mol. The molecule has 0 fully saturated rings. The van der Waals surface area contributed by atoms with Crippen LogP contribution in [-0.2, 0) is 9.53 Å². The lowest BCUT2D eigenvalue weighted by Crippen LogP contribution is -2.45. The topological polar surface area (TPSA) is 58.6 Å². The quantitative estimate of drug-likeness (QED) is 0.616. The summed E-state index contributed by atoms with van der Waals surface area (Å²) in [5, 5.41) is 11.7. The minimum atomic E-state index is -0.863. The number of rotatable bonds is 6. The first-order valence-corrected chi connectivity index (χ1v) is 4.12. The van der Waals surface area contributed by atoms with E-state index in [1.807, 2.05) is 6.92 Å². The number of aliphatic carboxylic acids is 1. The zero-order valence-electron chi connectivity index (χ0n) is 7.83. The van der Waals surface area contributed by atoms with Gasteiger partial charge in [-0.15, -0.1) is 0 Å². The second-order valence-electron chi connectivity index (χ2n) is 2.71. The molecule has 0 bridgehead atoms. The monoisotopic (exact) mass is 175 g/mol. The molecular weight excluding hydrogens is 158 g/mol. The number of carboxylic acids is 1. The van der Waals surface area contributed by atoms with Crippen LogP contribution in [0.1, 0.15) is 20.3 Å². The molecule has 0 rings (SSSR count). The predicted octanol–water partition coefficient (Wildman–Crippen LogP) is 0.474. The number of hydrogen-bond acceptors (Lipinski definition) is 3. The SMILES string of the molecule is CCCNC(C(=O)O)C(C)OC. The van der Waals surface area contributed by atoms with Gasteiger partial charge in [0.1, 0.15) is 6.04 Å². The van der Waals surface area contributed by atoms with E-state index in [2.05, 4.69) is 5.32 Å². The molecule has 0 saturated carbocycles. The van der Waals surface area contributed by atoms with Crippen LogP contribution < -0.4 is 5.32 Å². The van der Waals surface area contributed by atoms with E-state index < -0.39 is 12.0 Å². The summed E-state index contributed by atoms with van der Waals surface area (Å²) in [7, 11) is 1.51. The molecule has 0 amide bonds. The number of carboxylic acid groups (broad SMARTS) is 1. The summed E-state index contributed by atoms with van der Waals surface area (Å²) in [6.45, 7) is 4.43. The Bertz CT molecular complexity index is 138. The van der Waals surface area contributed by atoms with Crippen molar-refractivity contribution in [3.05, 3.63) is 0 Å². The Morgan fingerprint density at radius 3 is 2.58 bits per heavy atom. The van der Waals surface area contributed by atoms with E-state index in [1.54, 1.807) is 6.92 Å². The smallest absolute Gasteiger partial charge is 0.323 e. The fraction of sp³-hybridized carbons (Fsp3) is 0.875. The van der Waals surface area contributed by atoms with Gasteiger partial charge in [0, 0.05) is 7.11 Å². The normalized spacial score (nSPS) is 15.6. The summed E-state index contributed by atoms with van der Waals surface area (Å²) in [6.07, 6.45) is 0.620. The van der Waals surface area contributed by atoms with Crippen LogP contribution in [0.15, 0.2) is 0 Å². The number of hydrogen-bond donors (Lipinski definition) is 2. The molecule has 4 heteroatoms. The van der Waals surface area contributed by atoms with Crippen LogP contribution in [-0.4, -0.2) is 36.9 Å². The molecule has 0 aliphatic rings. The van der Waals surface area contributed by atoms with Crippen LogP contribution in [0.5, 0.6) is 0 Å². The lowest BCUT2D eigenvalue weighted by Gasteiger charge is -2.19. The third-order valence-electron chi connectivity index (χ3n) is 1.72. The zero-order chi connectivity index (χ0) is 9.56. The van der Waals surface area contributed by atoms with E-state index >= 15 is 0 Å². The molecule has 0 aromatic heterocycles. The molecule has 0 aliphatic carbocycles. The van der Waals surface area contributed by atoms with E-state index in [-0.39, 0.29) is 6.10 Å². The molecule has 0 aliphatic heterocycles. The Labute approximate surface area is 72.9 Å². The number of nitrogens with one attached hydrogen (secondary N) is 1. The van der Waals surface area contributed by atoms with E-state index in [0.29, 0.717) is 6.54 Å². The van der Waals surface area contributed by atoms with Crippen molar-refractivity contribution < 1.29 is 14.6 Å². The molecule has 2 N–H and O–H groups in total. The van der Waals surface area contributed by atoms with E-state index in [9.17, 15) is 4.79 Å². The molecule has 0 saturated heterocycles. The minimum Gasteiger partial charge on any atom is -0.480 e. The van der Waals surface area contributed by atoms with Crippen molar-refractivity contribution in [2.24, 2.45) is 0 Å². The van der Waals surface area contributed by atoms with Crippen molar-refractivity contribution in [1.29, 1.82) is 0 Å². The first-order valence-electron chi connectivity index (χ1n) is 4.12. The first-order chi connectivity index (χ1) is 5.63. The Kier molecular flexibility index (Phi) is 5.66. The van der Waals surface area contributed by atoms with Gasteiger partial charge in [-0.3, -0.25) is 4.79 Å². The molecule has 2 unspecified atom stereocenters. The maximum absolute atomic E-state index is 10.7. The molecule has 2 atom stereocenters. The lowest BCUT2D eigenvalue weighted by molar-refractivity contribution is -0.142. The van der Waals surface area contributed by atoms with Crippen molar-refractivity contribution in [1.82, 2.24) is 5.32 Å². The van der Waals surface area contributed by atoms with Gasteiger partial charge in [-0.25, -0.2) is 0 Å². The molecule has 0 radical (unpaired) electrons. The average molecular weight is 175 g/mol. The Balaban J connectivity index is 3.94. The Hall–Kier alpha value is -0.610. The van der Waals surface area contributed by atoms with E-state index in [4.69, 9.17) is 9.84 Å². The van der Waals surface area contributed by atoms with Crippen molar-refractivity contribution in [3.63, 3.8) is 0 Å². The van der Waals surface area contributed by atoms with Gasteiger partial charge in [0.2, 0.25) is 0 Å². The van der Waals surface area contributed by atoms with Gasteiger partial charge in [-0.2, -0.15) is 0 Å². The fourth-order valence-corrected chi connectivity index (χ4v) is 0.890. The summed E-state index contributed by atoms with van der Waals surface area (Å²) < 4.78 is 4.93. The van der Waals surface area contributed by atoms with Crippen LogP contribution in [0.3, 0.4) is 0 Å². The Morgan fingerprint density at radius 1 is 1.67 bits per heavy atom. The van der Waals surface area contributed by atoms with E-state index in [1.165, 1.54) is 7.11 Å². The number of carbonyl (C=O) groups is 1. The van der Waals surface area contributed by atoms with Crippen molar-refractivity contribution in [2.75, 3.05) is 13.7 Å². The largest absolute Gasteiger partial charge is 0.480 e. The van der Waals surface area contributed by atoms with Crippen molar-refractivity contribution in [3.8, 4) is 0 Å². The molecule has 0 aromatic carbocycles. The van der Waals surface area contributed by atoms with Crippen LogP contribution in [0.4, 0.5) is 0 Å². The van der Waals surface area contributed by atoms with Crippen molar-refractivity contribution in [2.45, 2.75) is 32.4 Å². The van der Waals surface area contributed by atoms with Gasteiger partial charge in [0.05, 0.1) is 6.10 Å². The zero-order valence-corrected chi connectivity index (χ0v) is 7.83. The summed E-state index contributed by atoms with van der Waals surface area (Å²) >= 11 is 0. The van der Waals surface area contributed by atoms with Crippen LogP contribution >= 0.6 is 0 Å². The molecule has 12 heavy (non-hydrogen) atoms. The third-order valence-corrected chi connectivity index (χ3v) is 1.72.